The zero-order valence-corrected chi connectivity index (χ0v) is 19.5. The smallest absolute Gasteiger partial charge is 0.295 e. The van der Waals surface area contributed by atoms with E-state index in [1.54, 1.807) is 55.9 Å². The van der Waals surface area contributed by atoms with Gasteiger partial charge in [-0.15, -0.1) is 0 Å². The first-order chi connectivity index (χ1) is 16.5. The molecule has 0 bridgehead atoms. The number of aromatic nitrogens is 1. The molecule has 1 aliphatic heterocycles. The Hall–Kier alpha value is -3.84. The first kappa shape index (κ1) is 23.3. The summed E-state index contributed by atoms with van der Waals surface area (Å²) in [6.45, 7) is 2.35. The number of likely N-dealkylation sites (tertiary alicyclic amines) is 1. The van der Waals surface area contributed by atoms with Gasteiger partial charge in [-0.05, 0) is 42.8 Å². The molecule has 1 N–H and O–H groups in total. The number of para-hydroxylation sites is 1. The van der Waals surface area contributed by atoms with Gasteiger partial charge in [-0.2, -0.15) is 0 Å². The van der Waals surface area contributed by atoms with Crippen LogP contribution in [0.5, 0.6) is 11.5 Å². The number of rotatable bonds is 7. The summed E-state index contributed by atoms with van der Waals surface area (Å²) < 4.78 is 10.9. The number of ether oxygens (including phenoxy) is 2. The molecule has 1 atom stereocenters. The molecule has 1 unspecified atom stereocenters. The molecule has 1 aliphatic rings. The van der Waals surface area contributed by atoms with Crippen molar-refractivity contribution in [1.82, 2.24) is 9.88 Å². The average molecular weight is 479 g/mol. The molecule has 4 rings (SSSR count). The molecule has 7 nitrogen and oxygen atoms in total. The van der Waals surface area contributed by atoms with E-state index < -0.39 is 17.7 Å². The van der Waals surface area contributed by atoms with Crippen LogP contribution in [0.25, 0.3) is 5.76 Å². The van der Waals surface area contributed by atoms with Crippen LogP contribution in [0.1, 0.15) is 29.7 Å². The summed E-state index contributed by atoms with van der Waals surface area (Å²) in [5.74, 6) is -0.852. The van der Waals surface area contributed by atoms with Crippen molar-refractivity contribution in [3.63, 3.8) is 0 Å². The minimum absolute atomic E-state index is 0.0663. The largest absolute Gasteiger partial charge is 0.507 e. The first-order valence-corrected chi connectivity index (χ1v) is 11.1. The summed E-state index contributed by atoms with van der Waals surface area (Å²) in [6.07, 6.45) is 3.16. The highest BCUT2D eigenvalue weighted by Crippen LogP contribution is 2.42. The Bertz CT molecular complexity index is 1260. The molecule has 1 aromatic heterocycles. The van der Waals surface area contributed by atoms with E-state index in [1.807, 2.05) is 25.1 Å². The van der Waals surface area contributed by atoms with Crippen molar-refractivity contribution < 1.29 is 24.2 Å². The molecule has 2 heterocycles. The number of aliphatic hydroxyl groups excluding tert-OH is 1. The van der Waals surface area contributed by atoms with Crippen LogP contribution in [-0.4, -0.2) is 40.4 Å². The highest BCUT2D eigenvalue weighted by Gasteiger charge is 2.46. The number of aliphatic hydroxyl groups is 1. The van der Waals surface area contributed by atoms with Gasteiger partial charge < -0.3 is 19.5 Å². The van der Waals surface area contributed by atoms with Crippen LogP contribution in [0.2, 0.25) is 5.02 Å². The molecule has 2 aromatic carbocycles. The summed E-state index contributed by atoms with van der Waals surface area (Å²) in [7, 11) is 1.54. The summed E-state index contributed by atoms with van der Waals surface area (Å²) >= 11 is 6.36. The number of hydrogen-bond acceptors (Lipinski definition) is 6. The van der Waals surface area contributed by atoms with Gasteiger partial charge in [0.1, 0.15) is 17.3 Å². The Morgan fingerprint density at radius 3 is 2.65 bits per heavy atom. The highest BCUT2D eigenvalue weighted by molar-refractivity contribution is 6.47. The molecule has 1 saturated heterocycles. The number of amides is 1. The summed E-state index contributed by atoms with van der Waals surface area (Å²) in [6, 6.07) is 14.6. The van der Waals surface area contributed by atoms with Crippen molar-refractivity contribution in [2.24, 2.45) is 0 Å². The number of hydrogen-bond donors (Lipinski definition) is 1. The number of benzene rings is 2. The Kier molecular flexibility index (Phi) is 6.84. The Labute approximate surface area is 202 Å². The van der Waals surface area contributed by atoms with Crippen molar-refractivity contribution in [2.75, 3.05) is 13.7 Å². The van der Waals surface area contributed by atoms with E-state index in [4.69, 9.17) is 21.1 Å². The number of methoxy groups -OCH3 is 1. The van der Waals surface area contributed by atoms with Gasteiger partial charge in [0, 0.05) is 23.5 Å². The summed E-state index contributed by atoms with van der Waals surface area (Å²) in [5, 5.41) is 11.5. The number of Topliss-reactive ketones (excluding diaryl/α,β-unsaturated/α-hetero) is 1. The molecule has 0 radical (unpaired) electrons. The lowest BCUT2D eigenvalue weighted by molar-refractivity contribution is -0.140. The van der Waals surface area contributed by atoms with E-state index in [0.29, 0.717) is 23.7 Å². The zero-order chi connectivity index (χ0) is 24.2. The van der Waals surface area contributed by atoms with Crippen LogP contribution in [0, 0.1) is 0 Å². The molecule has 3 aromatic rings. The minimum Gasteiger partial charge on any atom is -0.507 e. The lowest BCUT2D eigenvalue weighted by Crippen LogP contribution is -2.29. The van der Waals surface area contributed by atoms with Crippen molar-refractivity contribution in [2.45, 2.75) is 19.5 Å². The van der Waals surface area contributed by atoms with Gasteiger partial charge in [-0.3, -0.25) is 14.6 Å². The van der Waals surface area contributed by atoms with Gasteiger partial charge >= 0.3 is 0 Å². The minimum atomic E-state index is -0.870. The third-order valence-corrected chi connectivity index (χ3v) is 5.91. The second-order valence-corrected chi connectivity index (χ2v) is 8.01. The number of halogens is 1. The molecule has 1 amide bonds. The van der Waals surface area contributed by atoms with Crippen LogP contribution in [0.15, 0.2) is 72.6 Å². The van der Waals surface area contributed by atoms with Gasteiger partial charge in [0.15, 0.2) is 0 Å². The average Bonchev–Trinajstić information content (AvgIpc) is 3.10. The molecular weight excluding hydrogens is 456 g/mol. The van der Waals surface area contributed by atoms with Gasteiger partial charge in [0.05, 0.1) is 36.9 Å². The second kappa shape index (κ2) is 9.97. The molecule has 34 heavy (non-hydrogen) atoms. The number of ketones is 1. The molecule has 174 valence electrons. The molecule has 8 heteroatoms. The van der Waals surface area contributed by atoms with Crippen LogP contribution in [0.3, 0.4) is 0 Å². The third kappa shape index (κ3) is 4.34. The van der Waals surface area contributed by atoms with Crippen LogP contribution in [-0.2, 0) is 16.1 Å². The molecule has 1 fully saturated rings. The summed E-state index contributed by atoms with van der Waals surface area (Å²) in [5.41, 5.74) is 1.44. The van der Waals surface area contributed by atoms with E-state index in [-0.39, 0.29) is 28.5 Å². The third-order valence-electron chi connectivity index (χ3n) is 5.58. The van der Waals surface area contributed by atoms with E-state index in [1.165, 1.54) is 4.90 Å². The van der Waals surface area contributed by atoms with Gasteiger partial charge in [-0.25, -0.2) is 0 Å². The number of nitrogens with zero attached hydrogens (tertiary/aromatic N) is 2. The predicted molar refractivity (Wildman–Crippen MR) is 128 cm³/mol. The van der Waals surface area contributed by atoms with Gasteiger partial charge in [0.25, 0.3) is 11.7 Å². The number of carbonyl (C=O) groups excluding carboxylic acids is 2. The van der Waals surface area contributed by atoms with Crippen molar-refractivity contribution >= 4 is 29.1 Å². The number of carbonyl (C=O) groups is 2. The topological polar surface area (TPSA) is 89.0 Å². The van der Waals surface area contributed by atoms with Gasteiger partial charge in [-0.1, -0.05) is 35.9 Å². The van der Waals surface area contributed by atoms with Gasteiger partial charge in [0.2, 0.25) is 0 Å². The fraction of sp³-hybridized carbons (Fsp3) is 0.192. The lowest BCUT2D eigenvalue weighted by Gasteiger charge is -2.26. The van der Waals surface area contributed by atoms with E-state index >= 15 is 0 Å². The number of pyridine rings is 1. The quantitative estimate of drug-likeness (QED) is 0.299. The van der Waals surface area contributed by atoms with E-state index in [2.05, 4.69) is 4.98 Å². The zero-order valence-electron chi connectivity index (χ0n) is 18.7. The Morgan fingerprint density at radius 1 is 1.15 bits per heavy atom. The highest BCUT2D eigenvalue weighted by atomic mass is 35.5. The second-order valence-electron chi connectivity index (χ2n) is 7.60. The van der Waals surface area contributed by atoms with Crippen LogP contribution in [0.4, 0.5) is 0 Å². The fourth-order valence-electron chi connectivity index (χ4n) is 4.03. The first-order valence-electron chi connectivity index (χ1n) is 10.7. The maximum Gasteiger partial charge on any atom is 0.295 e. The van der Waals surface area contributed by atoms with Crippen LogP contribution >= 0.6 is 11.6 Å². The van der Waals surface area contributed by atoms with Crippen molar-refractivity contribution in [1.29, 1.82) is 0 Å². The maximum absolute atomic E-state index is 13.2. The van der Waals surface area contributed by atoms with Crippen LogP contribution < -0.4 is 9.47 Å². The predicted octanol–water partition coefficient (Wildman–Crippen LogP) is 4.76. The fourth-order valence-corrected chi connectivity index (χ4v) is 4.24. The van der Waals surface area contributed by atoms with Crippen molar-refractivity contribution in [3.05, 3.63) is 94.3 Å². The molecular formula is C26H23ClN2O5. The van der Waals surface area contributed by atoms with E-state index in [9.17, 15) is 14.7 Å². The molecule has 0 aliphatic carbocycles. The maximum atomic E-state index is 13.2. The summed E-state index contributed by atoms with van der Waals surface area (Å²) in [4.78, 5) is 32.0. The standard InChI is InChI=1S/C26H23ClN2O5/c1-3-34-18-10-11-20(27)19(13-18)24(30)22-23(16-8-6-12-28-14-16)29(26(32)25(22)31)15-17-7-4-5-9-21(17)33-2/h4-14,23,30H,3,15H2,1-2H3/b24-22+. The Morgan fingerprint density at radius 2 is 1.94 bits per heavy atom. The monoisotopic (exact) mass is 478 g/mol. The lowest BCUT2D eigenvalue weighted by atomic mass is 9.96. The normalized spacial score (nSPS) is 17.1. The Balaban J connectivity index is 1.87. The van der Waals surface area contributed by atoms with E-state index in [0.717, 1.165) is 5.56 Å². The van der Waals surface area contributed by atoms with Crippen molar-refractivity contribution in [3.8, 4) is 11.5 Å². The SMILES string of the molecule is CCOc1ccc(Cl)c(/C(O)=C2\C(=O)C(=O)N(Cc3ccccc3OC)C2c2cccnc2)c1. The molecule has 0 spiro atoms. The molecule has 0 saturated carbocycles.